The summed E-state index contributed by atoms with van der Waals surface area (Å²) in [4.78, 5) is 24.4. The summed E-state index contributed by atoms with van der Waals surface area (Å²) in [5, 5.41) is 9.04. The molecule has 3 rings (SSSR count). The first-order valence-electron chi connectivity index (χ1n) is 7.69. The molecule has 0 spiro atoms. The van der Waals surface area contributed by atoms with E-state index in [4.69, 9.17) is 35.4 Å². The van der Waals surface area contributed by atoms with Crippen molar-refractivity contribution in [3.8, 4) is 0 Å². The molecule has 10 heteroatoms. The van der Waals surface area contributed by atoms with Crippen LogP contribution >= 0.6 is 35.4 Å². The van der Waals surface area contributed by atoms with Crippen LogP contribution in [0.25, 0.3) is 10.8 Å². The Kier molecular flexibility index (Phi) is 5.90. The van der Waals surface area contributed by atoms with Crippen LogP contribution in [-0.4, -0.2) is 20.8 Å². The largest absolute Gasteiger partial charge is 0.331 e. The number of anilines is 1. The Labute approximate surface area is 169 Å². The lowest BCUT2D eigenvalue weighted by atomic mass is 10.2. The molecule has 0 aliphatic carbocycles. The van der Waals surface area contributed by atoms with Crippen LogP contribution in [0.15, 0.2) is 53.5 Å². The lowest BCUT2D eigenvalue weighted by molar-refractivity contribution is -0.122. The number of aromatic nitrogens is 2. The zero-order valence-electron chi connectivity index (χ0n) is 13.7. The molecule has 0 aliphatic heterocycles. The van der Waals surface area contributed by atoms with Gasteiger partial charge < -0.3 is 5.32 Å². The highest BCUT2D eigenvalue weighted by atomic mass is 35.5. The number of hydrazine groups is 1. The molecule has 27 heavy (non-hydrogen) atoms. The topological polar surface area (TPSA) is 88.0 Å². The van der Waals surface area contributed by atoms with E-state index in [0.29, 0.717) is 26.5 Å². The molecule has 0 unspecified atom stereocenters. The first-order valence-corrected chi connectivity index (χ1v) is 8.85. The summed E-state index contributed by atoms with van der Waals surface area (Å²) < 4.78 is 1.08. The van der Waals surface area contributed by atoms with Crippen molar-refractivity contribution >= 4 is 62.9 Å². The molecular formula is C17H13Cl2N5O2S. The molecular weight excluding hydrogens is 409 g/mol. The van der Waals surface area contributed by atoms with Crippen molar-refractivity contribution < 1.29 is 4.79 Å². The quantitative estimate of drug-likeness (QED) is 0.445. The molecule has 3 N–H and O–H groups in total. The van der Waals surface area contributed by atoms with Crippen LogP contribution in [-0.2, 0) is 11.3 Å². The van der Waals surface area contributed by atoms with Crippen LogP contribution < -0.4 is 21.7 Å². The third-order valence-electron chi connectivity index (χ3n) is 3.49. The average Bonchev–Trinajstić information content (AvgIpc) is 2.62. The number of hydrogen-bond acceptors (Lipinski definition) is 4. The van der Waals surface area contributed by atoms with E-state index in [2.05, 4.69) is 21.3 Å². The fourth-order valence-electron chi connectivity index (χ4n) is 2.33. The van der Waals surface area contributed by atoms with Gasteiger partial charge in [0.1, 0.15) is 6.54 Å². The van der Waals surface area contributed by atoms with Crippen LogP contribution in [0.5, 0.6) is 0 Å². The van der Waals surface area contributed by atoms with Crippen LogP contribution in [0.3, 0.4) is 0 Å². The van der Waals surface area contributed by atoms with Gasteiger partial charge in [-0.3, -0.25) is 20.4 Å². The van der Waals surface area contributed by atoms with Gasteiger partial charge in [0.15, 0.2) is 5.11 Å². The fraction of sp³-hybridized carbons (Fsp3) is 0.0588. The fourth-order valence-corrected chi connectivity index (χ4v) is 3.03. The Morgan fingerprint density at radius 3 is 2.56 bits per heavy atom. The van der Waals surface area contributed by atoms with Gasteiger partial charge >= 0.3 is 0 Å². The number of carbonyl (C=O) groups is 1. The normalized spacial score (nSPS) is 10.4. The van der Waals surface area contributed by atoms with Gasteiger partial charge in [-0.2, -0.15) is 5.10 Å². The summed E-state index contributed by atoms with van der Waals surface area (Å²) >= 11 is 16.9. The van der Waals surface area contributed by atoms with Crippen molar-refractivity contribution in [3.63, 3.8) is 0 Å². The molecule has 1 aromatic heterocycles. The molecule has 2 aromatic carbocycles. The van der Waals surface area contributed by atoms with E-state index in [9.17, 15) is 9.59 Å². The lowest BCUT2D eigenvalue weighted by Gasteiger charge is -2.12. The van der Waals surface area contributed by atoms with E-state index in [0.717, 1.165) is 4.68 Å². The summed E-state index contributed by atoms with van der Waals surface area (Å²) in [5.74, 6) is -0.492. The molecule has 1 amide bonds. The minimum absolute atomic E-state index is 0.125. The second-order valence-corrected chi connectivity index (χ2v) is 6.76. The second kappa shape index (κ2) is 8.34. The molecule has 0 radical (unpaired) electrons. The molecule has 0 atom stereocenters. The maximum absolute atomic E-state index is 12.3. The van der Waals surface area contributed by atoms with Crippen LogP contribution in [0.4, 0.5) is 5.69 Å². The minimum atomic E-state index is -0.492. The highest BCUT2D eigenvalue weighted by Gasteiger charge is 2.09. The predicted octanol–water partition coefficient (Wildman–Crippen LogP) is 2.72. The van der Waals surface area contributed by atoms with Gasteiger partial charge in [-0.25, -0.2) is 4.68 Å². The van der Waals surface area contributed by atoms with Crippen molar-refractivity contribution in [2.45, 2.75) is 6.54 Å². The Morgan fingerprint density at radius 2 is 1.81 bits per heavy atom. The smallest absolute Gasteiger partial charge is 0.275 e. The van der Waals surface area contributed by atoms with Gasteiger partial charge in [0.2, 0.25) is 0 Å². The molecule has 0 bridgehead atoms. The highest BCUT2D eigenvalue weighted by Crippen LogP contribution is 2.22. The molecule has 0 fully saturated rings. The molecule has 0 saturated heterocycles. The van der Waals surface area contributed by atoms with Crippen molar-refractivity contribution in [3.05, 3.63) is 69.1 Å². The Morgan fingerprint density at radius 1 is 1.11 bits per heavy atom. The lowest BCUT2D eigenvalue weighted by Crippen LogP contribution is -2.46. The predicted molar refractivity (Wildman–Crippen MR) is 110 cm³/mol. The monoisotopic (exact) mass is 421 g/mol. The highest BCUT2D eigenvalue weighted by molar-refractivity contribution is 7.80. The molecule has 3 aromatic rings. The van der Waals surface area contributed by atoms with E-state index < -0.39 is 5.91 Å². The van der Waals surface area contributed by atoms with Crippen LogP contribution in [0.1, 0.15) is 0 Å². The Balaban J connectivity index is 1.59. The van der Waals surface area contributed by atoms with Crippen LogP contribution in [0.2, 0.25) is 10.0 Å². The number of nitrogens with one attached hydrogen (secondary N) is 3. The number of amides is 1. The summed E-state index contributed by atoms with van der Waals surface area (Å²) in [7, 11) is 0. The van der Waals surface area contributed by atoms with Gasteiger partial charge in [0.25, 0.3) is 11.5 Å². The number of rotatable bonds is 3. The number of benzene rings is 2. The number of carbonyl (C=O) groups excluding carboxylic acids is 1. The zero-order chi connectivity index (χ0) is 19.4. The number of thiocarbonyl (C=S) groups is 1. The van der Waals surface area contributed by atoms with E-state index in [1.54, 1.807) is 36.4 Å². The van der Waals surface area contributed by atoms with Gasteiger partial charge in [-0.05, 0) is 36.5 Å². The first kappa shape index (κ1) is 19.1. The Hall–Kier alpha value is -2.68. The van der Waals surface area contributed by atoms with Crippen molar-refractivity contribution in [2.75, 3.05) is 5.32 Å². The second-order valence-electron chi connectivity index (χ2n) is 5.48. The SMILES string of the molecule is O=C(Cn1ncc2ccccc2c1=O)NNC(=S)Nc1cc(Cl)cc(Cl)c1. The van der Waals surface area contributed by atoms with Gasteiger partial charge in [-0.1, -0.05) is 41.4 Å². The maximum Gasteiger partial charge on any atom is 0.275 e. The molecule has 138 valence electrons. The summed E-state index contributed by atoms with van der Waals surface area (Å²) in [6, 6.07) is 11.9. The van der Waals surface area contributed by atoms with E-state index in [1.165, 1.54) is 6.20 Å². The molecule has 0 saturated carbocycles. The first-order chi connectivity index (χ1) is 12.9. The molecule has 7 nitrogen and oxygen atoms in total. The minimum Gasteiger partial charge on any atom is -0.331 e. The number of halogens is 2. The van der Waals surface area contributed by atoms with Gasteiger partial charge in [-0.15, -0.1) is 0 Å². The zero-order valence-corrected chi connectivity index (χ0v) is 16.0. The standard InChI is InChI=1S/C17H13Cl2N5O2S/c18-11-5-12(19)7-13(6-11)21-17(27)23-22-15(25)9-24-16(26)14-4-2-1-3-10(14)8-20-24/h1-8H,9H2,(H,22,25)(H2,21,23,27). The number of fused-ring (bicyclic) bond motifs is 1. The molecule has 1 heterocycles. The number of hydrogen-bond donors (Lipinski definition) is 3. The van der Waals surface area contributed by atoms with Crippen LogP contribution in [0, 0.1) is 0 Å². The van der Waals surface area contributed by atoms with Gasteiger partial charge in [0, 0.05) is 21.1 Å². The van der Waals surface area contributed by atoms with Crippen molar-refractivity contribution in [2.24, 2.45) is 0 Å². The average molecular weight is 422 g/mol. The Bertz CT molecular complexity index is 1070. The van der Waals surface area contributed by atoms with Crippen molar-refractivity contribution in [1.82, 2.24) is 20.6 Å². The third kappa shape index (κ3) is 4.94. The maximum atomic E-state index is 12.3. The van der Waals surface area contributed by atoms with E-state index in [-0.39, 0.29) is 17.2 Å². The van der Waals surface area contributed by atoms with Crippen molar-refractivity contribution in [1.29, 1.82) is 0 Å². The summed E-state index contributed by atoms with van der Waals surface area (Å²) in [6.45, 7) is -0.262. The van der Waals surface area contributed by atoms with E-state index in [1.807, 2.05) is 6.07 Å². The summed E-state index contributed by atoms with van der Waals surface area (Å²) in [5.41, 5.74) is 5.15. The van der Waals surface area contributed by atoms with E-state index >= 15 is 0 Å². The number of nitrogens with zero attached hydrogens (tertiary/aromatic N) is 2. The molecule has 0 aliphatic rings. The summed E-state index contributed by atoms with van der Waals surface area (Å²) in [6.07, 6.45) is 1.53. The third-order valence-corrected chi connectivity index (χ3v) is 4.13. The van der Waals surface area contributed by atoms with Gasteiger partial charge in [0.05, 0.1) is 11.6 Å².